The first-order valence-corrected chi connectivity index (χ1v) is 10.2. The zero-order valence-electron chi connectivity index (χ0n) is 16.2. The number of hydrogen-bond donors (Lipinski definition) is 2. The van der Waals surface area contributed by atoms with E-state index in [0.29, 0.717) is 0 Å². The molecule has 1 unspecified atom stereocenters. The number of amides is 1. The van der Waals surface area contributed by atoms with Crippen LogP contribution in [0.2, 0.25) is 0 Å². The molecule has 0 bridgehead atoms. The molecule has 24 heavy (non-hydrogen) atoms. The van der Waals surface area contributed by atoms with E-state index in [9.17, 15) is 4.79 Å². The van der Waals surface area contributed by atoms with Gasteiger partial charge in [0.05, 0.1) is 32.4 Å². The summed E-state index contributed by atoms with van der Waals surface area (Å²) in [5.74, 6) is -0.298. The van der Waals surface area contributed by atoms with E-state index in [1.165, 1.54) is 70.8 Å². The van der Waals surface area contributed by atoms with Crippen molar-refractivity contribution in [3.8, 4) is 0 Å². The zero-order valence-corrected chi connectivity index (χ0v) is 18.7. The number of halogens is 1. The van der Waals surface area contributed by atoms with Crippen molar-refractivity contribution in [1.82, 2.24) is 0 Å². The van der Waals surface area contributed by atoms with E-state index in [4.69, 9.17) is 5.73 Å². The fourth-order valence-electron chi connectivity index (χ4n) is 2.99. The Morgan fingerprint density at radius 1 is 0.875 bits per heavy atom. The van der Waals surface area contributed by atoms with Crippen molar-refractivity contribution in [2.45, 2.75) is 89.2 Å². The van der Waals surface area contributed by atoms with E-state index in [0.717, 1.165) is 23.9 Å². The van der Waals surface area contributed by atoms with Gasteiger partial charge in [-0.2, -0.15) is 12.6 Å². The van der Waals surface area contributed by atoms with Crippen LogP contribution in [0.3, 0.4) is 0 Å². The molecule has 0 saturated carbocycles. The molecule has 0 aromatic rings. The lowest BCUT2D eigenvalue weighted by Crippen LogP contribution is -3.00. The lowest BCUT2D eigenvalue weighted by molar-refractivity contribution is -0.890. The Morgan fingerprint density at radius 2 is 1.29 bits per heavy atom. The SMILES string of the molecule is CCCCCCCCCCCC[N+](C)(C)CCCC(S)C(N)=O.[Br-]. The molecule has 2 N–H and O–H groups in total. The third kappa shape index (κ3) is 17.1. The van der Waals surface area contributed by atoms with Gasteiger partial charge < -0.3 is 27.2 Å². The fraction of sp³-hybridized carbons (Fsp3) is 0.947. The molecule has 0 spiro atoms. The van der Waals surface area contributed by atoms with Gasteiger partial charge in [0.25, 0.3) is 0 Å². The van der Waals surface area contributed by atoms with Gasteiger partial charge in [-0.3, -0.25) is 4.79 Å². The molecule has 1 amide bonds. The van der Waals surface area contributed by atoms with Crippen LogP contribution in [0.1, 0.15) is 84.0 Å². The zero-order chi connectivity index (χ0) is 17.6. The average molecular weight is 426 g/mol. The van der Waals surface area contributed by atoms with Crippen LogP contribution in [0.15, 0.2) is 0 Å². The number of carbonyl (C=O) groups is 1. The Labute approximate surface area is 166 Å². The van der Waals surface area contributed by atoms with Crippen LogP contribution in [-0.4, -0.2) is 42.8 Å². The molecule has 0 aliphatic carbocycles. The third-order valence-electron chi connectivity index (χ3n) is 4.69. The van der Waals surface area contributed by atoms with E-state index in [2.05, 4.69) is 33.6 Å². The Balaban J connectivity index is 0. The van der Waals surface area contributed by atoms with Crippen molar-refractivity contribution < 1.29 is 26.3 Å². The predicted octanol–water partition coefficient (Wildman–Crippen LogP) is 1.55. The summed E-state index contributed by atoms with van der Waals surface area (Å²) in [7, 11) is 4.57. The number of nitrogens with zero attached hydrogens (tertiary/aromatic N) is 1. The molecule has 5 heteroatoms. The number of hydrogen-bond acceptors (Lipinski definition) is 2. The largest absolute Gasteiger partial charge is 1.00 e. The topological polar surface area (TPSA) is 43.1 Å². The maximum Gasteiger partial charge on any atom is 0.230 e. The minimum absolute atomic E-state index is 0. The highest BCUT2D eigenvalue weighted by atomic mass is 79.9. The van der Waals surface area contributed by atoms with Crippen LogP contribution >= 0.6 is 12.6 Å². The summed E-state index contributed by atoms with van der Waals surface area (Å²) in [5.41, 5.74) is 5.24. The summed E-state index contributed by atoms with van der Waals surface area (Å²) in [4.78, 5) is 11.0. The fourth-order valence-corrected chi connectivity index (χ4v) is 3.18. The van der Waals surface area contributed by atoms with E-state index in [1.807, 2.05) is 0 Å². The van der Waals surface area contributed by atoms with E-state index >= 15 is 0 Å². The number of primary amides is 1. The number of quaternary nitrogens is 1. The molecule has 3 nitrogen and oxygen atoms in total. The Hall–Kier alpha value is 0.260. The van der Waals surface area contributed by atoms with Gasteiger partial charge in [0, 0.05) is 0 Å². The molecular formula is C19H41BrN2OS. The Morgan fingerprint density at radius 3 is 1.75 bits per heavy atom. The van der Waals surface area contributed by atoms with Crippen LogP contribution < -0.4 is 22.7 Å². The van der Waals surface area contributed by atoms with E-state index in [-0.39, 0.29) is 28.1 Å². The van der Waals surface area contributed by atoms with Crippen LogP contribution in [0.4, 0.5) is 0 Å². The molecule has 0 rings (SSSR count). The van der Waals surface area contributed by atoms with Gasteiger partial charge in [0.2, 0.25) is 5.91 Å². The third-order valence-corrected chi connectivity index (χ3v) is 5.20. The van der Waals surface area contributed by atoms with Gasteiger partial charge in [-0.15, -0.1) is 0 Å². The van der Waals surface area contributed by atoms with E-state index < -0.39 is 0 Å². The van der Waals surface area contributed by atoms with Gasteiger partial charge >= 0.3 is 0 Å². The summed E-state index contributed by atoms with van der Waals surface area (Å²) < 4.78 is 1.04. The molecule has 0 aromatic heterocycles. The van der Waals surface area contributed by atoms with Gasteiger partial charge in [-0.05, 0) is 25.7 Å². The molecule has 0 aromatic carbocycles. The smallest absolute Gasteiger partial charge is 0.230 e. The second kappa shape index (κ2) is 16.7. The monoisotopic (exact) mass is 424 g/mol. The molecule has 146 valence electrons. The maximum atomic E-state index is 11.0. The van der Waals surface area contributed by atoms with Crippen molar-refractivity contribution in [3.63, 3.8) is 0 Å². The first-order valence-electron chi connectivity index (χ1n) is 9.68. The standard InChI is InChI=1S/C19H40N2OS.BrH/c1-4-5-6-7-8-9-10-11-12-13-16-21(2,3)17-14-15-18(23)19(20)22;/h18H,4-17H2,1-3H3,(H2-,20,22,23);1H. The summed E-state index contributed by atoms with van der Waals surface area (Å²) >= 11 is 4.22. The summed E-state index contributed by atoms with van der Waals surface area (Å²) in [6.07, 6.45) is 15.7. The maximum absolute atomic E-state index is 11.0. The highest BCUT2D eigenvalue weighted by molar-refractivity contribution is 7.81. The van der Waals surface area contributed by atoms with Crippen molar-refractivity contribution in [2.75, 3.05) is 27.2 Å². The highest BCUT2D eigenvalue weighted by Crippen LogP contribution is 2.13. The number of thiol groups is 1. The van der Waals surface area contributed by atoms with Crippen molar-refractivity contribution in [1.29, 1.82) is 0 Å². The Bertz CT molecular complexity index is 301. The van der Waals surface area contributed by atoms with Crippen molar-refractivity contribution >= 4 is 18.5 Å². The summed E-state index contributed by atoms with van der Waals surface area (Å²) in [6.45, 7) is 4.60. The normalized spacial score (nSPS) is 12.7. The number of rotatable bonds is 16. The molecule has 0 radical (unpaired) electrons. The lowest BCUT2D eigenvalue weighted by atomic mass is 10.1. The van der Waals surface area contributed by atoms with Crippen molar-refractivity contribution in [2.24, 2.45) is 5.73 Å². The summed E-state index contributed by atoms with van der Waals surface area (Å²) in [5, 5.41) is -0.285. The first-order chi connectivity index (χ1) is 10.9. The molecule has 0 aliphatic heterocycles. The molecule has 1 atom stereocenters. The van der Waals surface area contributed by atoms with Crippen LogP contribution in [-0.2, 0) is 4.79 Å². The second-order valence-electron chi connectivity index (χ2n) is 7.63. The van der Waals surface area contributed by atoms with Gasteiger partial charge in [0.1, 0.15) is 0 Å². The van der Waals surface area contributed by atoms with Crippen LogP contribution in [0, 0.1) is 0 Å². The first kappa shape index (κ1) is 26.5. The lowest BCUT2D eigenvalue weighted by Gasteiger charge is -2.30. The second-order valence-corrected chi connectivity index (χ2v) is 8.25. The quantitative estimate of drug-likeness (QED) is 0.220. The number of carbonyl (C=O) groups excluding carboxylic acids is 1. The molecular weight excluding hydrogens is 384 g/mol. The van der Waals surface area contributed by atoms with Crippen LogP contribution in [0.5, 0.6) is 0 Å². The molecule has 0 fully saturated rings. The van der Waals surface area contributed by atoms with E-state index in [1.54, 1.807) is 0 Å². The summed E-state index contributed by atoms with van der Waals surface area (Å²) in [6, 6.07) is 0. The molecule has 0 saturated heterocycles. The molecule has 0 aliphatic rings. The minimum Gasteiger partial charge on any atom is -1.00 e. The molecule has 0 heterocycles. The Kier molecular flexibility index (Phi) is 18.4. The minimum atomic E-state index is -0.298. The van der Waals surface area contributed by atoms with Crippen molar-refractivity contribution in [3.05, 3.63) is 0 Å². The van der Waals surface area contributed by atoms with Gasteiger partial charge in [-0.25, -0.2) is 0 Å². The number of unbranched alkanes of at least 4 members (excludes halogenated alkanes) is 9. The van der Waals surface area contributed by atoms with Gasteiger partial charge in [0.15, 0.2) is 0 Å². The number of nitrogens with two attached hydrogens (primary N) is 1. The highest BCUT2D eigenvalue weighted by Gasteiger charge is 2.16. The van der Waals surface area contributed by atoms with Crippen LogP contribution in [0.25, 0.3) is 0 Å². The average Bonchev–Trinajstić information content (AvgIpc) is 2.48. The van der Waals surface area contributed by atoms with Gasteiger partial charge in [-0.1, -0.05) is 58.3 Å². The predicted molar refractivity (Wildman–Crippen MR) is 105 cm³/mol.